The Morgan fingerprint density at radius 1 is 1.00 bits per heavy atom. The molecule has 0 aliphatic heterocycles. The minimum atomic E-state index is -0.645. The highest BCUT2D eigenvalue weighted by atomic mass is 16.1. The zero-order valence-electron chi connectivity index (χ0n) is 14.8. The van der Waals surface area contributed by atoms with Crippen LogP contribution >= 0.6 is 0 Å². The summed E-state index contributed by atoms with van der Waals surface area (Å²) in [6.45, 7) is 8.40. The number of hydrogen-bond acceptors (Lipinski definition) is 1. The van der Waals surface area contributed by atoms with Crippen LogP contribution in [0.3, 0.4) is 0 Å². The number of aryl methyl sites for hydroxylation is 1. The summed E-state index contributed by atoms with van der Waals surface area (Å²) in [7, 11) is 2.03. The topological polar surface area (TPSA) is 48.0 Å². The zero-order chi connectivity index (χ0) is 17.2. The van der Waals surface area contributed by atoms with Crippen molar-refractivity contribution in [3.63, 3.8) is 0 Å². The number of carbonyl (C=O) groups is 1. The lowest BCUT2D eigenvalue weighted by atomic mass is 9.58. The second-order valence-electron chi connectivity index (χ2n) is 6.99. The molecule has 0 saturated heterocycles. The molecular formula is C20H28N2O. The van der Waals surface area contributed by atoms with E-state index in [9.17, 15) is 4.79 Å². The molecule has 1 heterocycles. The Labute approximate surface area is 139 Å². The Kier molecular flexibility index (Phi) is 4.98. The van der Waals surface area contributed by atoms with Gasteiger partial charge in [-0.3, -0.25) is 4.79 Å². The molecule has 2 N–H and O–H groups in total. The fraction of sp³-hybridized carbons (Fsp3) is 0.450. The maximum Gasteiger partial charge on any atom is 0.225 e. The number of carbonyl (C=O) groups excluding carboxylic acids is 1. The summed E-state index contributed by atoms with van der Waals surface area (Å²) >= 11 is 0. The summed E-state index contributed by atoms with van der Waals surface area (Å²) in [5.41, 5.74) is 7.63. The lowest BCUT2D eigenvalue weighted by molar-refractivity contribution is -0.134. The molecule has 0 radical (unpaired) electrons. The van der Waals surface area contributed by atoms with E-state index in [2.05, 4.69) is 50.5 Å². The van der Waals surface area contributed by atoms with E-state index in [0.717, 1.165) is 11.3 Å². The highest BCUT2D eigenvalue weighted by Crippen LogP contribution is 2.51. The molecule has 3 nitrogen and oxygen atoms in total. The molecule has 2 aromatic rings. The first-order chi connectivity index (χ1) is 10.8. The number of nitrogens with zero attached hydrogens (tertiary/aromatic N) is 1. The minimum absolute atomic E-state index is 0.0683. The van der Waals surface area contributed by atoms with Crippen molar-refractivity contribution in [2.45, 2.75) is 33.6 Å². The van der Waals surface area contributed by atoms with E-state index in [1.54, 1.807) is 0 Å². The van der Waals surface area contributed by atoms with E-state index in [0.29, 0.717) is 0 Å². The average molecular weight is 312 g/mol. The van der Waals surface area contributed by atoms with Crippen molar-refractivity contribution in [1.29, 1.82) is 0 Å². The molecule has 0 saturated carbocycles. The van der Waals surface area contributed by atoms with Crippen LogP contribution in [0.15, 0.2) is 48.7 Å². The summed E-state index contributed by atoms with van der Waals surface area (Å²) in [6.07, 6.45) is 2.03. The summed E-state index contributed by atoms with van der Waals surface area (Å²) in [4.78, 5) is 12.7. The van der Waals surface area contributed by atoms with E-state index < -0.39 is 5.41 Å². The van der Waals surface area contributed by atoms with Gasteiger partial charge in [-0.25, -0.2) is 0 Å². The summed E-state index contributed by atoms with van der Waals surface area (Å²) in [5.74, 6) is -0.0426. The van der Waals surface area contributed by atoms with Crippen molar-refractivity contribution in [3.8, 4) is 0 Å². The highest BCUT2D eigenvalue weighted by molar-refractivity contribution is 5.83. The first-order valence-corrected chi connectivity index (χ1v) is 8.29. The number of hydrogen-bond donors (Lipinski definition) is 1. The number of primary amides is 1. The van der Waals surface area contributed by atoms with Crippen LogP contribution in [0.4, 0.5) is 0 Å². The standard InChI is InChI=1S/C20H28N2O/c1-14(2)20(15(3)4,19(21)23)18(16-10-7-6-8-11-16)17-12-9-13-22(17)5/h6-15,18H,1-5H3,(H2,21,23). The average Bonchev–Trinajstić information content (AvgIpc) is 2.90. The van der Waals surface area contributed by atoms with Crippen molar-refractivity contribution in [2.24, 2.45) is 30.0 Å². The van der Waals surface area contributed by atoms with Crippen LogP contribution in [-0.4, -0.2) is 10.5 Å². The van der Waals surface area contributed by atoms with Gasteiger partial charge < -0.3 is 10.3 Å². The van der Waals surface area contributed by atoms with E-state index in [1.807, 2.05) is 37.5 Å². The van der Waals surface area contributed by atoms with Crippen molar-refractivity contribution < 1.29 is 4.79 Å². The quantitative estimate of drug-likeness (QED) is 0.863. The van der Waals surface area contributed by atoms with Crippen LogP contribution in [0.25, 0.3) is 0 Å². The molecule has 124 valence electrons. The molecule has 1 aromatic heterocycles. The Hall–Kier alpha value is -2.03. The van der Waals surface area contributed by atoms with Gasteiger partial charge in [-0.1, -0.05) is 58.0 Å². The number of aromatic nitrogens is 1. The lowest BCUT2D eigenvalue weighted by Gasteiger charge is -2.45. The Morgan fingerprint density at radius 3 is 1.96 bits per heavy atom. The fourth-order valence-electron chi connectivity index (χ4n) is 4.16. The summed E-state index contributed by atoms with van der Waals surface area (Å²) in [5, 5.41) is 0. The molecule has 1 amide bonds. The number of nitrogens with two attached hydrogens (primary N) is 1. The van der Waals surface area contributed by atoms with Crippen LogP contribution in [0, 0.1) is 17.3 Å². The molecular weight excluding hydrogens is 284 g/mol. The van der Waals surface area contributed by atoms with Gasteiger partial charge in [0.1, 0.15) is 0 Å². The highest BCUT2D eigenvalue weighted by Gasteiger charge is 2.51. The maximum atomic E-state index is 12.7. The van der Waals surface area contributed by atoms with Crippen molar-refractivity contribution >= 4 is 5.91 Å². The first kappa shape index (κ1) is 17.3. The molecule has 1 aromatic carbocycles. The van der Waals surface area contributed by atoms with Crippen molar-refractivity contribution in [2.75, 3.05) is 0 Å². The molecule has 2 rings (SSSR count). The molecule has 0 spiro atoms. The molecule has 3 heteroatoms. The first-order valence-electron chi connectivity index (χ1n) is 8.29. The summed E-state index contributed by atoms with van der Waals surface area (Å²) < 4.78 is 2.10. The Balaban J connectivity index is 2.79. The second-order valence-corrected chi connectivity index (χ2v) is 6.99. The molecule has 0 aliphatic carbocycles. The summed E-state index contributed by atoms with van der Waals surface area (Å²) in [6, 6.07) is 14.4. The smallest absolute Gasteiger partial charge is 0.225 e. The fourth-order valence-corrected chi connectivity index (χ4v) is 4.16. The van der Waals surface area contributed by atoms with Gasteiger partial charge in [0.05, 0.1) is 5.41 Å². The van der Waals surface area contributed by atoms with E-state index >= 15 is 0 Å². The predicted molar refractivity (Wildman–Crippen MR) is 95.0 cm³/mol. The van der Waals surface area contributed by atoms with Gasteiger partial charge in [-0.05, 0) is 29.5 Å². The van der Waals surface area contributed by atoms with Crippen LogP contribution in [0.1, 0.15) is 44.9 Å². The van der Waals surface area contributed by atoms with Gasteiger partial charge in [0.25, 0.3) is 0 Å². The zero-order valence-corrected chi connectivity index (χ0v) is 14.8. The van der Waals surface area contributed by atoms with Gasteiger partial charge in [-0.2, -0.15) is 0 Å². The van der Waals surface area contributed by atoms with E-state index in [-0.39, 0.29) is 23.7 Å². The SMILES string of the molecule is CC(C)C(C(N)=O)(C(C)C)C(c1ccccc1)c1cccn1C. The van der Waals surface area contributed by atoms with Crippen LogP contribution < -0.4 is 5.73 Å². The van der Waals surface area contributed by atoms with Gasteiger partial charge >= 0.3 is 0 Å². The third kappa shape index (κ3) is 2.80. The lowest BCUT2D eigenvalue weighted by Crippen LogP contribution is -2.50. The molecule has 1 atom stereocenters. The van der Waals surface area contributed by atoms with Crippen molar-refractivity contribution in [1.82, 2.24) is 4.57 Å². The van der Waals surface area contributed by atoms with E-state index in [1.165, 1.54) is 0 Å². The van der Waals surface area contributed by atoms with Crippen LogP contribution in [0.5, 0.6) is 0 Å². The molecule has 0 aliphatic rings. The largest absolute Gasteiger partial charge is 0.369 e. The maximum absolute atomic E-state index is 12.7. The molecule has 0 bridgehead atoms. The predicted octanol–water partition coefficient (Wildman–Crippen LogP) is 3.94. The Bertz CT molecular complexity index is 647. The third-order valence-electron chi connectivity index (χ3n) is 5.23. The van der Waals surface area contributed by atoms with E-state index in [4.69, 9.17) is 5.73 Å². The number of benzene rings is 1. The van der Waals surface area contributed by atoms with Gasteiger partial charge in [0.2, 0.25) is 5.91 Å². The Morgan fingerprint density at radius 2 is 1.57 bits per heavy atom. The molecule has 0 fully saturated rings. The van der Waals surface area contributed by atoms with Crippen molar-refractivity contribution in [3.05, 3.63) is 59.9 Å². The van der Waals surface area contributed by atoms with Gasteiger partial charge in [0.15, 0.2) is 0 Å². The van der Waals surface area contributed by atoms with Gasteiger partial charge in [-0.15, -0.1) is 0 Å². The second kappa shape index (κ2) is 6.61. The minimum Gasteiger partial charge on any atom is -0.369 e. The number of amides is 1. The molecule has 23 heavy (non-hydrogen) atoms. The normalized spacial score (nSPS) is 13.5. The van der Waals surface area contributed by atoms with Gasteiger partial charge in [0, 0.05) is 24.9 Å². The number of rotatable bonds is 6. The van der Waals surface area contributed by atoms with Crippen LogP contribution in [0.2, 0.25) is 0 Å². The molecule has 1 unspecified atom stereocenters. The third-order valence-corrected chi connectivity index (χ3v) is 5.23. The monoisotopic (exact) mass is 312 g/mol. The van der Waals surface area contributed by atoms with Crippen LogP contribution in [-0.2, 0) is 11.8 Å².